The van der Waals surface area contributed by atoms with E-state index in [9.17, 15) is 9.59 Å². The van der Waals surface area contributed by atoms with E-state index in [-0.39, 0.29) is 11.1 Å². The first-order valence-electron chi connectivity index (χ1n) is 6.07. The highest BCUT2D eigenvalue weighted by molar-refractivity contribution is 5.61. The Morgan fingerprint density at radius 3 is 1.50 bits per heavy atom. The van der Waals surface area contributed by atoms with Gasteiger partial charge in [-0.25, -0.2) is 0 Å². The summed E-state index contributed by atoms with van der Waals surface area (Å²) in [6.07, 6.45) is 3.51. The molecule has 18 heavy (non-hydrogen) atoms. The van der Waals surface area contributed by atoms with Crippen LogP contribution in [0.5, 0.6) is 0 Å². The third-order valence-electron chi connectivity index (χ3n) is 3.01. The molecule has 2 heterocycles. The lowest BCUT2D eigenvalue weighted by molar-refractivity contribution is 0.725. The second-order valence-corrected chi connectivity index (χ2v) is 4.08. The van der Waals surface area contributed by atoms with E-state index < -0.39 is 0 Å². The Balaban J connectivity index is 2.49. The Morgan fingerprint density at radius 2 is 1.22 bits per heavy atom. The van der Waals surface area contributed by atoms with Gasteiger partial charge in [-0.1, -0.05) is 0 Å². The molecule has 0 saturated heterocycles. The maximum Gasteiger partial charge on any atom is 0.251 e. The minimum Gasteiger partial charge on any atom is -0.316 e. The van der Waals surface area contributed by atoms with Gasteiger partial charge in [0, 0.05) is 37.6 Å². The van der Waals surface area contributed by atoms with E-state index in [1.54, 1.807) is 33.7 Å². The smallest absolute Gasteiger partial charge is 0.251 e. The summed E-state index contributed by atoms with van der Waals surface area (Å²) >= 11 is 0. The molecule has 0 saturated carbocycles. The molecule has 0 N–H and O–H groups in total. The molecule has 0 aliphatic heterocycles. The van der Waals surface area contributed by atoms with Crippen molar-refractivity contribution < 1.29 is 0 Å². The lowest BCUT2D eigenvalue weighted by atomic mass is 10.1. The van der Waals surface area contributed by atoms with Crippen LogP contribution in [0.25, 0.3) is 11.1 Å². The Labute approximate surface area is 105 Å². The summed E-state index contributed by atoms with van der Waals surface area (Å²) in [6, 6.07) is 6.84. The summed E-state index contributed by atoms with van der Waals surface area (Å²) in [6.45, 7) is 5.14. The minimum atomic E-state index is -0.0466. The van der Waals surface area contributed by atoms with E-state index in [0.717, 1.165) is 11.1 Å². The first-order valence-corrected chi connectivity index (χ1v) is 6.07. The predicted octanol–water partition coefficient (Wildman–Crippen LogP) is 1.72. The van der Waals surface area contributed by atoms with Crippen LogP contribution in [0.15, 0.2) is 46.2 Å². The summed E-state index contributed by atoms with van der Waals surface area (Å²) in [5.41, 5.74) is 1.47. The maximum absolute atomic E-state index is 11.7. The van der Waals surface area contributed by atoms with Crippen LogP contribution in [0, 0.1) is 0 Å². The Kier molecular flexibility index (Phi) is 3.46. The highest BCUT2D eigenvalue weighted by atomic mass is 16.1. The molecule has 2 aromatic rings. The van der Waals surface area contributed by atoms with Gasteiger partial charge in [0.05, 0.1) is 0 Å². The van der Waals surface area contributed by atoms with Gasteiger partial charge in [0.1, 0.15) is 0 Å². The van der Waals surface area contributed by atoms with Crippen LogP contribution >= 0.6 is 0 Å². The largest absolute Gasteiger partial charge is 0.316 e. The Bertz CT molecular complexity index is 608. The van der Waals surface area contributed by atoms with Crippen molar-refractivity contribution in [3.05, 3.63) is 57.4 Å². The van der Waals surface area contributed by atoms with Gasteiger partial charge < -0.3 is 9.13 Å². The number of aromatic nitrogens is 2. The number of pyridine rings is 2. The zero-order valence-electron chi connectivity index (χ0n) is 10.6. The monoisotopic (exact) mass is 244 g/mol. The average Bonchev–Trinajstić information content (AvgIpc) is 2.38. The van der Waals surface area contributed by atoms with E-state index in [0.29, 0.717) is 13.1 Å². The van der Waals surface area contributed by atoms with Crippen molar-refractivity contribution in [1.29, 1.82) is 0 Å². The number of hydrogen-bond donors (Lipinski definition) is 0. The van der Waals surface area contributed by atoms with Gasteiger partial charge in [-0.2, -0.15) is 0 Å². The maximum atomic E-state index is 11.7. The molecule has 0 radical (unpaired) electrons. The van der Waals surface area contributed by atoms with Crippen molar-refractivity contribution in [3.8, 4) is 11.1 Å². The third-order valence-corrected chi connectivity index (χ3v) is 3.01. The summed E-state index contributed by atoms with van der Waals surface area (Å²) in [5, 5.41) is 0. The SMILES string of the molecule is CCn1ccc(-c2ccn(CC)c(=O)c2)cc1=O. The van der Waals surface area contributed by atoms with Crippen molar-refractivity contribution in [2.45, 2.75) is 26.9 Å². The fourth-order valence-corrected chi connectivity index (χ4v) is 1.90. The molecule has 2 rings (SSSR count). The lowest BCUT2D eigenvalue weighted by Gasteiger charge is -2.06. The first kappa shape index (κ1) is 12.4. The molecule has 4 heteroatoms. The van der Waals surface area contributed by atoms with E-state index in [2.05, 4.69) is 0 Å². The molecular weight excluding hydrogens is 228 g/mol. The van der Waals surface area contributed by atoms with Crippen LogP contribution in [0.4, 0.5) is 0 Å². The molecule has 0 bridgehead atoms. The number of rotatable bonds is 3. The molecule has 0 aliphatic rings. The lowest BCUT2D eigenvalue weighted by Crippen LogP contribution is -2.19. The fraction of sp³-hybridized carbons (Fsp3) is 0.286. The van der Waals surface area contributed by atoms with Crippen LogP contribution in [0.2, 0.25) is 0 Å². The van der Waals surface area contributed by atoms with Gasteiger partial charge in [-0.05, 0) is 37.1 Å². The minimum absolute atomic E-state index is 0.0466. The molecule has 0 unspecified atom stereocenters. The quantitative estimate of drug-likeness (QED) is 0.825. The molecule has 0 spiro atoms. The van der Waals surface area contributed by atoms with Crippen LogP contribution in [0.1, 0.15) is 13.8 Å². The van der Waals surface area contributed by atoms with Gasteiger partial charge in [0.15, 0.2) is 0 Å². The van der Waals surface area contributed by atoms with Crippen LogP contribution in [0.3, 0.4) is 0 Å². The first-order chi connectivity index (χ1) is 8.65. The molecule has 0 aliphatic carbocycles. The van der Waals surface area contributed by atoms with E-state index in [4.69, 9.17) is 0 Å². The van der Waals surface area contributed by atoms with Crippen molar-refractivity contribution in [2.24, 2.45) is 0 Å². The second kappa shape index (κ2) is 5.04. The second-order valence-electron chi connectivity index (χ2n) is 4.08. The highest BCUT2D eigenvalue weighted by Gasteiger charge is 2.02. The van der Waals surface area contributed by atoms with Crippen molar-refractivity contribution >= 4 is 0 Å². The van der Waals surface area contributed by atoms with Gasteiger partial charge in [0.2, 0.25) is 0 Å². The third kappa shape index (κ3) is 2.27. The number of nitrogens with zero attached hydrogens (tertiary/aromatic N) is 2. The van der Waals surface area contributed by atoms with Crippen LogP contribution in [-0.2, 0) is 13.1 Å². The van der Waals surface area contributed by atoms with Crippen molar-refractivity contribution in [2.75, 3.05) is 0 Å². The van der Waals surface area contributed by atoms with Gasteiger partial charge in [0.25, 0.3) is 11.1 Å². The number of hydrogen-bond acceptors (Lipinski definition) is 2. The topological polar surface area (TPSA) is 44.0 Å². The molecule has 2 aromatic heterocycles. The van der Waals surface area contributed by atoms with Gasteiger partial charge >= 0.3 is 0 Å². The molecular formula is C14H16N2O2. The normalized spacial score (nSPS) is 10.6. The highest BCUT2D eigenvalue weighted by Crippen LogP contribution is 2.14. The molecule has 0 fully saturated rings. The molecule has 0 amide bonds. The predicted molar refractivity (Wildman–Crippen MR) is 71.7 cm³/mol. The van der Waals surface area contributed by atoms with Gasteiger partial charge in [-0.3, -0.25) is 9.59 Å². The molecule has 94 valence electrons. The van der Waals surface area contributed by atoms with Crippen LogP contribution in [-0.4, -0.2) is 9.13 Å². The molecule has 0 atom stereocenters. The zero-order valence-corrected chi connectivity index (χ0v) is 10.6. The van der Waals surface area contributed by atoms with Crippen LogP contribution < -0.4 is 11.1 Å². The zero-order chi connectivity index (χ0) is 13.1. The summed E-state index contributed by atoms with van der Waals surface area (Å²) in [7, 11) is 0. The Hall–Kier alpha value is -2.10. The fourth-order valence-electron chi connectivity index (χ4n) is 1.90. The van der Waals surface area contributed by atoms with Gasteiger partial charge in [-0.15, -0.1) is 0 Å². The Morgan fingerprint density at radius 1 is 0.833 bits per heavy atom. The van der Waals surface area contributed by atoms with E-state index in [1.165, 1.54) is 0 Å². The van der Waals surface area contributed by atoms with Crippen molar-refractivity contribution in [1.82, 2.24) is 9.13 Å². The average molecular weight is 244 g/mol. The standard InChI is InChI=1S/C14H16N2O2/c1-3-15-7-5-11(9-13(15)17)12-6-8-16(4-2)14(18)10-12/h5-10H,3-4H2,1-2H3. The van der Waals surface area contributed by atoms with E-state index in [1.807, 2.05) is 26.0 Å². The molecule has 0 aromatic carbocycles. The van der Waals surface area contributed by atoms with Crippen molar-refractivity contribution in [3.63, 3.8) is 0 Å². The van der Waals surface area contributed by atoms with E-state index >= 15 is 0 Å². The summed E-state index contributed by atoms with van der Waals surface area (Å²) in [5.74, 6) is 0. The molecule has 4 nitrogen and oxygen atoms in total. The summed E-state index contributed by atoms with van der Waals surface area (Å²) < 4.78 is 3.24. The number of aryl methyl sites for hydroxylation is 2. The summed E-state index contributed by atoms with van der Waals surface area (Å²) in [4.78, 5) is 23.5.